The van der Waals surface area contributed by atoms with Gasteiger partial charge in [-0.05, 0) is 62.9 Å². The molecule has 4 aliphatic heterocycles. The summed E-state index contributed by atoms with van der Waals surface area (Å²) in [5.41, 5.74) is 2.42. The zero-order valence-electron chi connectivity index (χ0n) is 19.3. The highest BCUT2D eigenvalue weighted by Crippen LogP contribution is 2.45. The minimum Gasteiger partial charge on any atom is -0.354 e. The average Bonchev–Trinajstić information content (AvgIpc) is 3.18. The van der Waals surface area contributed by atoms with Crippen LogP contribution < -0.4 is 10.2 Å². The Hall–Kier alpha value is -3.19. The second-order valence-electron chi connectivity index (χ2n) is 9.89. The molecule has 0 saturated carbocycles. The van der Waals surface area contributed by atoms with Crippen LogP contribution in [0.4, 0.5) is 5.69 Å². The molecule has 7 heteroatoms. The molecule has 2 saturated heterocycles. The Morgan fingerprint density at radius 3 is 2.53 bits per heavy atom. The second-order valence-corrected chi connectivity index (χ2v) is 9.89. The first-order valence-corrected chi connectivity index (χ1v) is 12.5. The lowest BCUT2D eigenvalue weighted by atomic mass is 9.83. The number of hydrogen-bond donors (Lipinski definition) is 1. The molecule has 176 valence electrons. The van der Waals surface area contributed by atoms with E-state index >= 15 is 0 Å². The molecule has 0 aromatic heterocycles. The largest absolute Gasteiger partial charge is 0.354 e. The Bertz CT molecular complexity index is 1150. The van der Waals surface area contributed by atoms with Crippen LogP contribution in [0.5, 0.6) is 0 Å². The van der Waals surface area contributed by atoms with Gasteiger partial charge in [0.2, 0.25) is 5.91 Å². The van der Waals surface area contributed by atoms with Crippen molar-refractivity contribution in [3.63, 3.8) is 0 Å². The fourth-order valence-corrected chi connectivity index (χ4v) is 6.40. The van der Waals surface area contributed by atoms with Crippen molar-refractivity contribution in [3.8, 4) is 0 Å². The number of fused-ring (bicyclic) bond motifs is 6. The van der Waals surface area contributed by atoms with Crippen molar-refractivity contribution in [2.24, 2.45) is 5.92 Å². The summed E-state index contributed by atoms with van der Waals surface area (Å²) < 4.78 is 0. The molecule has 0 spiro atoms. The number of hydrogen-bond acceptors (Lipinski definition) is 4. The van der Waals surface area contributed by atoms with Crippen LogP contribution in [0.15, 0.2) is 48.5 Å². The van der Waals surface area contributed by atoms with Crippen LogP contribution in [-0.2, 0) is 4.79 Å². The summed E-state index contributed by atoms with van der Waals surface area (Å²) in [6.07, 6.45) is 5.45. The monoisotopic (exact) mass is 458 g/mol. The lowest BCUT2D eigenvalue weighted by Crippen LogP contribution is -2.53. The zero-order chi connectivity index (χ0) is 23.2. The molecule has 0 aliphatic carbocycles. The summed E-state index contributed by atoms with van der Waals surface area (Å²) in [4.78, 5) is 45.7. The molecular formula is C27H30N4O3. The summed E-state index contributed by atoms with van der Waals surface area (Å²) in [5, 5.41) is 3.13. The lowest BCUT2D eigenvalue weighted by molar-refractivity contribution is -0.122. The van der Waals surface area contributed by atoms with Gasteiger partial charge >= 0.3 is 0 Å². The Morgan fingerprint density at radius 1 is 0.882 bits per heavy atom. The summed E-state index contributed by atoms with van der Waals surface area (Å²) in [5.74, 6) is -0.0586. The minimum atomic E-state index is -0.597. The van der Waals surface area contributed by atoms with Crippen LogP contribution in [0.25, 0.3) is 0 Å². The maximum absolute atomic E-state index is 13.5. The first kappa shape index (κ1) is 21.4. The molecule has 2 fully saturated rings. The van der Waals surface area contributed by atoms with E-state index in [4.69, 9.17) is 0 Å². The van der Waals surface area contributed by atoms with Crippen molar-refractivity contribution < 1.29 is 14.4 Å². The lowest BCUT2D eigenvalue weighted by Gasteiger charge is -2.44. The van der Waals surface area contributed by atoms with Crippen LogP contribution in [0.3, 0.4) is 0 Å². The Morgan fingerprint density at radius 2 is 1.65 bits per heavy atom. The highest BCUT2D eigenvalue weighted by atomic mass is 16.2. The summed E-state index contributed by atoms with van der Waals surface area (Å²) >= 11 is 0. The average molecular weight is 459 g/mol. The van der Waals surface area contributed by atoms with Gasteiger partial charge in [-0.1, -0.05) is 36.8 Å². The van der Waals surface area contributed by atoms with Gasteiger partial charge in [0.1, 0.15) is 12.7 Å². The number of nitrogens with one attached hydrogen (secondary N) is 1. The quantitative estimate of drug-likeness (QED) is 0.764. The molecule has 1 N–H and O–H groups in total. The Labute approximate surface area is 199 Å². The van der Waals surface area contributed by atoms with E-state index in [2.05, 4.69) is 10.2 Å². The van der Waals surface area contributed by atoms with Crippen LogP contribution in [0.2, 0.25) is 0 Å². The number of piperidine rings is 2. The highest BCUT2D eigenvalue weighted by molar-refractivity contribution is 6.17. The molecule has 7 nitrogen and oxygen atoms in total. The first-order chi connectivity index (χ1) is 16.6. The van der Waals surface area contributed by atoms with Gasteiger partial charge in [-0.2, -0.15) is 0 Å². The van der Waals surface area contributed by atoms with Crippen molar-refractivity contribution in [1.29, 1.82) is 0 Å². The molecule has 4 heterocycles. The van der Waals surface area contributed by atoms with Crippen LogP contribution in [0, 0.1) is 5.92 Å². The van der Waals surface area contributed by atoms with E-state index in [1.807, 2.05) is 24.3 Å². The number of anilines is 1. The van der Waals surface area contributed by atoms with Gasteiger partial charge in [-0.3, -0.25) is 19.3 Å². The molecule has 3 atom stereocenters. The molecule has 0 unspecified atom stereocenters. The van der Waals surface area contributed by atoms with Crippen molar-refractivity contribution in [2.45, 2.75) is 44.3 Å². The van der Waals surface area contributed by atoms with Crippen molar-refractivity contribution in [2.75, 3.05) is 31.1 Å². The van der Waals surface area contributed by atoms with Gasteiger partial charge in [0.05, 0.1) is 11.3 Å². The normalized spacial score (nSPS) is 25.9. The molecule has 34 heavy (non-hydrogen) atoms. The molecule has 0 bridgehead atoms. The Balaban J connectivity index is 1.23. The van der Waals surface area contributed by atoms with E-state index in [-0.39, 0.29) is 24.3 Å². The maximum atomic E-state index is 13.5. The number of benzene rings is 2. The molecule has 2 aromatic carbocycles. The number of carbonyl (C=O) groups is 3. The third-order valence-electron chi connectivity index (χ3n) is 7.99. The van der Waals surface area contributed by atoms with Crippen molar-refractivity contribution in [3.05, 3.63) is 65.2 Å². The van der Waals surface area contributed by atoms with Gasteiger partial charge in [-0.15, -0.1) is 0 Å². The van der Waals surface area contributed by atoms with E-state index < -0.39 is 6.17 Å². The molecule has 2 aromatic rings. The second kappa shape index (κ2) is 8.55. The molecule has 0 radical (unpaired) electrons. The fourth-order valence-electron chi connectivity index (χ4n) is 6.40. The van der Waals surface area contributed by atoms with E-state index in [0.717, 1.165) is 12.0 Å². The third kappa shape index (κ3) is 3.41. The topological polar surface area (TPSA) is 73.0 Å². The summed E-state index contributed by atoms with van der Waals surface area (Å²) in [6, 6.07) is 15.1. The predicted octanol–water partition coefficient (Wildman–Crippen LogP) is 3.18. The van der Waals surface area contributed by atoms with Gasteiger partial charge in [0.25, 0.3) is 11.8 Å². The number of nitrogens with zero attached hydrogens (tertiary/aromatic N) is 3. The van der Waals surface area contributed by atoms with Crippen LogP contribution >= 0.6 is 0 Å². The van der Waals surface area contributed by atoms with Gasteiger partial charge in [0.15, 0.2) is 0 Å². The first-order valence-electron chi connectivity index (χ1n) is 12.5. The summed E-state index contributed by atoms with van der Waals surface area (Å²) in [6.45, 7) is 2.91. The van der Waals surface area contributed by atoms with Crippen LogP contribution in [-0.4, -0.2) is 59.7 Å². The van der Waals surface area contributed by atoms with E-state index in [1.165, 1.54) is 38.8 Å². The smallest absolute Gasteiger partial charge is 0.260 e. The van der Waals surface area contributed by atoms with Gasteiger partial charge in [-0.25, -0.2) is 0 Å². The SMILES string of the molecule is O=C(CN1C(=O)c2ccccc2N2C(=O)c3ccccc3[C@H]12)NC[C@@H]1CCCN2CCCC[C@H]12. The van der Waals surface area contributed by atoms with Crippen LogP contribution in [0.1, 0.15) is 64.5 Å². The van der Waals surface area contributed by atoms with Crippen molar-refractivity contribution >= 4 is 23.4 Å². The minimum absolute atomic E-state index is 0.0724. The third-order valence-corrected chi connectivity index (χ3v) is 7.99. The number of carbonyl (C=O) groups excluding carboxylic acids is 3. The highest BCUT2D eigenvalue weighted by Gasteiger charge is 2.48. The van der Waals surface area contributed by atoms with Crippen molar-refractivity contribution in [1.82, 2.24) is 15.1 Å². The summed E-state index contributed by atoms with van der Waals surface area (Å²) in [7, 11) is 0. The van der Waals surface area contributed by atoms with E-state index in [9.17, 15) is 14.4 Å². The molecule has 4 aliphatic rings. The molecule has 6 rings (SSSR count). The fraction of sp³-hybridized carbons (Fsp3) is 0.444. The number of rotatable bonds is 4. The molecular weight excluding hydrogens is 428 g/mol. The zero-order valence-corrected chi connectivity index (χ0v) is 19.3. The van der Waals surface area contributed by atoms with E-state index in [1.54, 1.807) is 34.1 Å². The predicted molar refractivity (Wildman–Crippen MR) is 128 cm³/mol. The maximum Gasteiger partial charge on any atom is 0.260 e. The van der Waals surface area contributed by atoms with Gasteiger partial charge in [0, 0.05) is 23.7 Å². The van der Waals surface area contributed by atoms with Gasteiger partial charge < -0.3 is 15.1 Å². The standard InChI is InChI=1S/C27H30N4O3/c32-24(28-16-18-8-7-15-29-14-6-5-12-22(18)29)17-30-25-19-9-1-2-10-20(19)27(34)31(25)23-13-4-3-11-21(23)26(30)33/h1-4,9-11,13,18,22,25H,5-8,12,14-17H2,(H,28,32)/t18-,22+,25+/m0/s1. The number of amides is 3. The Kier molecular flexibility index (Phi) is 5.37. The number of para-hydroxylation sites is 1. The van der Waals surface area contributed by atoms with E-state index in [0.29, 0.717) is 35.3 Å². The molecule has 3 amide bonds.